The molecule has 3 amide bonds. The van der Waals surface area contributed by atoms with Gasteiger partial charge in [-0.15, -0.1) is 0 Å². The molecule has 1 aliphatic rings. The molecule has 13 heteroatoms. The van der Waals surface area contributed by atoms with E-state index < -0.39 is 53.8 Å². The van der Waals surface area contributed by atoms with Crippen molar-refractivity contribution < 1.29 is 34.2 Å². The Bertz CT molecular complexity index is 1180. The average molecular weight is 562 g/mol. The zero-order valence-corrected chi connectivity index (χ0v) is 22.5. The number of fused-ring (bicyclic) bond motifs is 1. The second-order valence-corrected chi connectivity index (χ2v) is 10.4. The maximum Gasteiger partial charge on any atom is 0.326 e. The van der Waals surface area contributed by atoms with Gasteiger partial charge in [-0.05, 0) is 55.9 Å². The minimum atomic E-state index is -1.25. The molecule has 0 spiro atoms. The quantitative estimate of drug-likeness (QED) is 0.163. The number of carbonyl (C=O) groups excluding carboxylic acids is 3. The number of aliphatic carboxylic acids is 2. The number of H-pyrrole nitrogens is 1. The number of hydrogen-bond donors (Lipinski definition) is 7. The molecule has 2 aromatic rings. The molecule has 1 aromatic heterocycles. The summed E-state index contributed by atoms with van der Waals surface area (Å²) >= 11 is 1.45. The molecule has 212 valence electrons. The minimum Gasteiger partial charge on any atom is -0.481 e. The van der Waals surface area contributed by atoms with Crippen molar-refractivity contribution in [1.82, 2.24) is 26.3 Å². The standard InChI is InChI=1S/C26H35N5O7S/c1-39-12-10-20(30-24(35)19(8-9-22(32)33)29-23(34)18-7-4-11-27-18)25(36)31-21(26(37)38)13-15-14-28-17-6-3-2-5-16(15)17/h2-3,5-6,14,18-21,27-28H,4,7-13H2,1H3,(H,29,34)(H,30,35)(H,31,36)(H,32,33)(H,37,38). The largest absolute Gasteiger partial charge is 0.481 e. The van der Waals surface area contributed by atoms with E-state index in [0.29, 0.717) is 18.7 Å². The Balaban J connectivity index is 1.71. The molecule has 0 radical (unpaired) electrons. The van der Waals surface area contributed by atoms with E-state index in [1.54, 1.807) is 6.20 Å². The Labute approximate surface area is 230 Å². The van der Waals surface area contributed by atoms with Crippen LogP contribution >= 0.6 is 11.8 Å². The first-order chi connectivity index (χ1) is 18.7. The van der Waals surface area contributed by atoms with E-state index in [1.165, 1.54) is 11.8 Å². The lowest BCUT2D eigenvalue weighted by Gasteiger charge is -2.25. The van der Waals surface area contributed by atoms with E-state index in [2.05, 4.69) is 26.3 Å². The monoisotopic (exact) mass is 561 g/mol. The van der Waals surface area contributed by atoms with Gasteiger partial charge in [-0.25, -0.2) is 4.79 Å². The Morgan fingerprint density at radius 3 is 2.33 bits per heavy atom. The highest BCUT2D eigenvalue weighted by atomic mass is 32.2. The number of amides is 3. The van der Waals surface area contributed by atoms with Crippen LogP contribution in [0.15, 0.2) is 30.5 Å². The van der Waals surface area contributed by atoms with Crippen LogP contribution in [-0.4, -0.2) is 87.6 Å². The van der Waals surface area contributed by atoms with Crippen LogP contribution in [-0.2, 0) is 30.4 Å². The predicted molar refractivity (Wildman–Crippen MR) is 146 cm³/mol. The molecule has 1 aliphatic heterocycles. The van der Waals surface area contributed by atoms with Gasteiger partial charge in [-0.2, -0.15) is 11.8 Å². The van der Waals surface area contributed by atoms with Crippen LogP contribution in [0.4, 0.5) is 0 Å². The highest BCUT2D eigenvalue weighted by Crippen LogP contribution is 2.19. The number of thioether (sulfide) groups is 1. The molecule has 7 N–H and O–H groups in total. The van der Waals surface area contributed by atoms with Crippen molar-refractivity contribution in [1.29, 1.82) is 0 Å². The first-order valence-corrected chi connectivity index (χ1v) is 14.2. The topological polar surface area (TPSA) is 190 Å². The summed E-state index contributed by atoms with van der Waals surface area (Å²) in [5, 5.41) is 30.6. The molecule has 39 heavy (non-hydrogen) atoms. The van der Waals surface area contributed by atoms with E-state index in [-0.39, 0.29) is 25.7 Å². The molecular formula is C26H35N5O7S. The van der Waals surface area contributed by atoms with Crippen LogP contribution in [0.3, 0.4) is 0 Å². The molecule has 1 fully saturated rings. The fourth-order valence-corrected chi connectivity index (χ4v) is 4.96. The molecule has 0 bridgehead atoms. The highest BCUT2D eigenvalue weighted by molar-refractivity contribution is 7.98. The number of hydrogen-bond acceptors (Lipinski definition) is 7. The normalized spacial score (nSPS) is 17.2. The second-order valence-electron chi connectivity index (χ2n) is 9.45. The molecule has 4 unspecified atom stereocenters. The van der Waals surface area contributed by atoms with Gasteiger partial charge >= 0.3 is 11.9 Å². The maximum absolute atomic E-state index is 13.2. The Kier molecular flexibility index (Phi) is 11.2. The second kappa shape index (κ2) is 14.5. The molecule has 0 saturated carbocycles. The Morgan fingerprint density at radius 1 is 1.00 bits per heavy atom. The Hall–Kier alpha value is -3.58. The summed E-state index contributed by atoms with van der Waals surface area (Å²) in [6, 6.07) is 3.45. The Morgan fingerprint density at radius 2 is 1.69 bits per heavy atom. The van der Waals surface area contributed by atoms with Crippen molar-refractivity contribution >= 4 is 52.3 Å². The smallest absolute Gasteiger partial charge is 0.326 e. The van der Waals surface area contributed by atoms with Crippen LogP contribution in [0.1, 0.15) is 37.7 Å². The number of rotatable bonds is 15. The molecule has 2 heterocycles. The van der Waals surface area contributed by atoms with Crippen LogP contribution in [0.25, 0.3) is 10.9 Å². The van der Waals surface area contributed by atoms with Crippen LogP contribution < -0.4 is 21.3 Å². The van der Waals surface area contributed by atoms with Gasteiger partial charge in [0, 0.05) is 29.9 Å². The molecule has 1 aromatic carbocycles. The summed E-state index contributed by atoms with van der Waals surface area (Å²) in [7, 11) is 0. The van der Waals surface area contributed by atoms with E-state index in [1.807, 2.05) is 30.5 Å². The summed E-state index contributed by atoms with van der Waals surface area (Å²) in [4.78, 5) is 65.3. The lowest BCUT2D eigenvalue weighted by Crippen LogP contribution is -2.57. The van der Waals surface area contributed by atoms with Gasteiger partial charge in [-0.1, -0.05) is 18.2 Å². The number of aromatic amines is 1. The lowest BCUT2D eigenvalue weighted by atomic mass is 10.0. The molecular weight excluding hydrogens is 526 g/mol. The van der Waals surface area contributed by atoms with Crippen LogP contribution in [0.5, 0.6) is 0 Å². The summed E-state index contributed by atoms with van der Waals surface area (Å²) < 4.78 is 0. The van der Waals surface area contributed by atoms with E-state index in [0.717, 1.165) is 22.9 Å². The van der Waals surface area contributed by atoms with Crippen molar-refractivity contribution in [3.8, 4) is 0 Å². The van der Waals surface area contributed by atoms with Gasteiger partial charge in [0.05, 0.1) is 6.04 Å². The number of carboxylic acid groups (broad SMARTS) is 2. The van der Waals surface area contributed by atoms with E-state index in [4.69, 9.17) is 5.11 Å². The number of carboxylic acids is 2. The zero-order valence-electron chi connectivity index (χ0n) is 21.7. The summed E-state index contributed by atoms with van der Waals surface area (Å²) in [6.45, 7) is 0.671. The van der Waals surface area contributed by atoms with Gasteiger partial charge in [0.25, 0.3) is 0 Å². The van der Waals surface area contributed by atoms with Crippen molar-refractivity contribution in [3.63, 3.8) is 0 Å². The summed E-state index contributed by atoms with van der Waals surface area (Å²) in [5.74, 6) is -3.64. The number of benzene rings is 1. The van der Waals surface area contributed by atoms with Gasteiger partial charge in [0.2, 0.25) is 17.7 Å². The van der Waals surface area contributed by atoms with Crippen LogP contribution in [0, 0.1) is 0 Å². The fraction of sp³-hybridized carbons (Fsp3) is 0.500. The predicted octanol–water partition coefficient (Wildman–Crippen LogP) is 0.619. The van der Waals surface area contributed by atoms with Crippen molar-refractivity contribution in [2.75, 3.05) is 18.6 Å². The fourth-order valence-electron chi connectivity index (χ4n) is 4.49. The van der Waals surface area contributed by atoms with Gasteiger partial charge < -0.3 is 36.5 Å². The van der Waals surface area contributed by atoms with E-state index >= 15 is 0 Å². The lowest BCUT2D eigenvalue weighted by molar-refractivity contribution is -0.142. The minimum absolute atomic E-state index is 0.0277. The summed E-state index contributed by atoms with van der Waals surface area (Å²) in [5.41, 5.74) is 1.57. The molecule has 3 rings (SSSR count). The van der Waals surface area contributed by atoms with Gasteiger partial charge in [0.15, 0.2) is 0 Å². The number of nitrogens with one attached hydrogen (secondary N) is 5. The van der Waals surface area contributed by atoms with Crippen LogP contribution in [0.2, 0.25) is 0 Å². The van der Waals surface area contributed by atoms with Crippen molar-refractivity contribution in [3.05, 3.63) is 36.0 Å². The molecule has 0 aliphatic carbocycles. The van der Waals surface area contributed by atoms with Crippen molar-refractivity contribution in [2.45, 2.75) is 62.7 Å². The molecule has 12 nitrogen and oxygen atoms in total. The highest BCUT2D eigenvalue weighted by Gasteiger charge is 2.32. The third-order valence-corrected chi connectivity index (χ3v) is 7.26. The zero-order chi connectivity index (χ0) is 28.4. The van der Waals surface area contributed by atoms with Gasteiger partial charge in [-0.3, -0.25) is 19.2 Å². The summed E-state index contributed by atoms with van der Waals surface area (Å²) in [6.07, 6.45) is 4.67. The average Bonchev–Trinajstić information content (AvgIpc) is 3.59. The first kappa shape index (κ1) is 30.0. The maximum atomic E-state index is 13.2. The number of para-hydroxylation sites is 1. The van der Waals surface area contributed by atoms with E-state index in [9.17, 15) is 29.1 Å². The molecule has 1 saturated heterocycles. The van der Waals surface area contributed by atoms with Crippen molar-refractivity contribution in [2.24, 2.45) is 0 Å². The van der Waals surface area contributed by atoms with Gasteiger partial charge in [0.1, 0.15) is 18.1 Å². The third kappa shape index (κ3) is 8.72. The first-order valence-electron chi connectivity index (χ1n) is 12.8. The SMILES string of the molecule is CSCCC(NC(=O)C(CCC(=O)O)NC(=O)C1CCCN1)C(=O)NC(Cc1c[nH]c2ccccc12)C(=O)O. The number of aromatic nitrogens is 1. The number of carbonyl (C=O) groups is 5. The third-order valence-electron chi connectivity index (χ3n) is 6.61. The molecule has 4 atom stereocenters.